The van der Waals surface area contributed by atoms with Gasteiger partial charge in [-0.05, 0) is 30.7 Å². The van der Waals surface area contributed by atoms with Crippen molar-refractivity contribution in [2.24, 2.45) is 5.92 Å². The van der Waals surface area contributed by atoms with E-state index >= 15 is 0 Å². The van der Waals surface area contributed by atoms with Crippen molar-refractivity contribution in [2.75, 3.05) is 18.4 Å². The highest BCUT2D eigenvalue weighted by molar-refractivity contribution is 6.42. The molecule has 0 aliphatic carbocycles. The van der Waals surface area contributed by atoms with Crippen molar-refractivity contribution >= 4 is 34.8 Å². The van der Waals surface area contributed by atoms with Gasteiger partial charge in [0.05, 0.1) is 10.0 Å². The van der Waals surface area contributed by atoms with Crippen LogP contribution in [-0.4, -0.2) is 19.0 Å². The van der Waals surface area contributed by atoms with Crippen LogP contribution in [0.5, 0.6) is 0 Å². The molecule has 0 saturated carbocycles. The molecule has 1 amide bonds. The van der Waals surface area contributed by atoms with Crippen LogP contribution in [0.15, 0.2) is 12.1 Å². The maximum absolute atomic E-state index is 12.1. The van der Waals surface area contributed by atoms with E-state index in [1.165, 1.54) is 0 Å². The fourth-order valence-corrected chi connectivity index (χ4v) is 3.43. The minimum atomic E-state index is -0.147. The molecule has 2 atom stereocenters. The number of halogens is 2. The van der Waals surface area contributed by atoms with Crippen LogP contribution in [0, 0.1) is 5.92 Å². The van der Waals surface area contributed by atoms with Crippen LogP contribution in [0.1, 0.15) is 18.9 Å². The molecule has 0 aromatic heterocycles. The minimum absolute atomic E-state index is 0.0581. The Hall–Kier alpha value is -0.770. The molecule has 2 N–H and O–H groups in total. The zero-order chi connectivity index (χ0) is 12.9. The number of anilines is 1. The molecule has 96 valence electrons. The molecule has 18 heavy (non-hydrogen) atoms. The molecule has 1 aromatic carbocycles. The quantitative estimate of drug-likeness (QED) is 0.769. The minimum Gasteiger partial charge on any atom is -0.325 e. The molecule has 2 heterocycles. The summed E-state index contributed by atoms with van der Waals surface area (Å²) in [6.45, 7) is 3.72. The van der Waals surface area contributed by atoms with E-state index in [0.29, 0.717) is 10.0 Å². The number of hydrogen-bond donors (Lipinski definition) is 2. The topological polar surface area (TPSA) is 41.1 Å². The van der Waals surface area contributed by atoms with Gasteiger partial charge in [-0.1, -0.05) is 30.1 Å². The standard InChI is InChI=1S/C13H14Cl2N2O/c1-7-12(18)17-11-5-10(15)9(14)4-8(11)13(7)2-3-16-6-13/h4-5,7,16H,2-3,6H2,1H3,(H,17,18)/t7?,13-/m0/s1. The first-order valence-electron chi connectivity index (χ1n) is 6.06. The summed E-state index contributed by atoms with van der Waals surface area (Å²) >= 11 is 12.2. The van der Waals surface area contributed by atoms with E-state index in [4.69, 9.17) is 23.2 Å². The van der Waals surface area contributed by atoms with E-state index in [2.05, 4.69) is 10.6 Å². The van der Waals surface area contributed by atoms with Gasteiger partial charge in [-0.2, -0.15) is 0 Å². The highest BCUT2D eigenvalue weighted by Crippen LogP contribution is 2.47. The third kappa shape index (κ3) is 1.58. The maximum atomic E-state index is 12.1. The van der Waals surface area contributed by atoms with E-state index in [-0.39, 0.29) is 17.2 Å². The lowest BCUT2D eigenvalue weighted by atomic mass is 9.67. The summed E-state index contributed by atoms with van der Waals surface area (Å²) in [7, 11) is 0. The monoisotopic (exact) mass is 284 g/mol. The van der Waals surface area contributed by atoms with Crippen molar-refractivity contribution in [1.29, 1.82) is 0 Å². The number of fused-ring (bicyclic) bond motifs is 2. The largest absolute Gasteiger partial charge is 0.325 e. The predicted molar refractivity (Wildman–Crippen MR) is 73.4 cm³/mol. The highest BCUT2D eigenvalue weighted by atomic mass is 35.5. The van der Waals surface area contributed by atoms with Gasteiger partial charge in [0, 0.05) is 23.6 Å². The Balaban J connectivity index is 2.22. The lowest BCUT2D eigenvalue weighted by Gasteiger charge is -2.40. The summed E-state index contributed by atoms with van der Waals surface area (Å²) in [5.74, 6) is 0.00170. The molecule has 5 heteroatoms. The molecule has 1 aromatic rings. The number of amides is 1. The number of rotatable bonds is 0. The van der Waals surface area contributed by atoms with Gasteiger partial charge in [0.1, 0.15) is 0 Å². The average molecular weight is 285 g/mol. The van der Waals surface area contributed by atoms with Crippen molar-refractivity contribution in [3.63, 3.8) is 0 Å². The Bertz CT molecular complexity index is 524. The zero-order valence-corrected chi connectivity index (χ0v) is 11.5. The smallest absolute Gasteiger partial charge is 0.228 e. The molecule has 0 radical (unpaired) electrons. The summed E-state index contributed by atoms with van der Waals surface area (Å²) < 4.78 is 0. The Morgan fingerprint density at radius 1 is 1.33 bits per heavy atom. The second-order valence-corrected chi connectivity index (χ2v) is 5.92. The van der Waals surface area contributed by atoms with Crippen molar-refractivity contribution < 1.29 is 4.79 Å². The van der Waals surface area contributed by atoms with E-state index in [1.54, 1.807) is 6.07 Å². The van der Waals surface area contributed by atoms with Gasteiger partial charge in [-0.3, -0.25) is 4.79 Å². The summed E-state index contributed by atoms with van der Waals surface area (Å²) in [5, 5.41) is 7.30. The van der Waals surface area contributed by atoms with Gasteiger partial charge in [-0.25, -0.2) is 0 Å². The van der Waals surface area contributed by atoms with Gasteiger partial charge in [0.2, 0.25) is 5.91 Å². The Labute approximate surface area is 116 Å². The third-order valence-electron chi connectivity index (χ3n) is 4.27. The van der Waals surface area contributed by atoms with Crippen molar-refractivity contribution in [3.8, 4) is 0 Å². The average Bonchev–Trinajstić information content (AvgIpc) is 2.81. The molecule has 1 spiro atoms. The molecular formula is C13H14Cl2N2O. The number of carbonyl (C=O) groups excluding carboxylic acids is 1. The van der Waals surface area contributed by atoms with Crippen molar-refractivity contribution in [2.45, 2.75) is 18.8 Å². The van der Waals surface area contributed by atoms with Gasteiger partial charge in [0.15, 0.2) is 0 Å². The molecule has 1 saturated heterocycles. The second-order valence-electron chi connectivity index (χ2n) is 5.11. The van der Waals surface area contributed by atoms with Crippen LogP contribution < -0.4 is 10.6 Å². The summed E-state index contributed by atoms with van der Waals surface area (Å²) in [6, 6.07) is 3.66. The van der Waals surface area contributed by atoms with Crippen molar-refractivity contribution in [3.05, 3.63) is 27.7 Å². The lowest BCUT2D eigenvalue weighted by Crippen LogP contribution is -2.46. The van der Waals surface area contributed by atoms with Crippen LogP contribution in [0.4, 0.5) is 5.69 Å². The predicted octanol–water partition coefficient (Wildman–Crippen LogP) is 2.81. The SMILES string of the molecule is CC1C(=O)Nc2cc(Cl)c(Cl)cc2[C@]12CCNC2. The molecule has 0 bridgehead atoms. The molecule has 2 aliphatic heterocycles. The number of carbonyl (C=O) groups is 1. The lowest BCUT2D eigenvalue weighted by molar-refractivity contribution is -0.121. The van der Waals surface area contributed by atoms with Gasteiger partial charge < -0.3 is 10.6 Å². The molecule has 3 nitrogen and oxygen atoms in total. The summed E-state index contributed by atoms with van der Waals surface area (Å²) in [5.41, 5.74) is 1.76. The van der Waals surface area contributed by atoms with E-state index in [0.717, 1.165) is 30.8 Å². The number of hydrogen-bond acceptors (Lipinski definition) is 2. The third-order valence-corrected chi connectivity index (χ3v) is 4.99. The second kappa shape index (κ2) is 4.12. The van der Waals surface area contributed by atoms with Crippen LogP contribution in [0.25, 0.3) is 0 Å². The molecule has 2 aliphatic rings. The fourth-order valence-electron chi connectivity index (χ4n) is 3.10. The molecule has 3 rings (SSSR count). The zero-order valence-electron chi connectivity index (χ0n) is 10.0. The maximum Gasteiger partial charge on any atom is 0.228 e. The Morgan fingerprint density at radius 2 is 2.06 bits per heavy atom. The van der Waals surface area contributed by atoms with Crippen LogP contribution in [0.2, 0.25) is 10.0 Å². The first kappa shape index (κ1) is 12.3. The van der Waals surface area contributed by atoms with E-state index in [1.807, 2.05) is 13.0 Å². The van der Waals surface area contributed by atoms with Gasteiger partial charge in [0.25, 0.3) is 0 Å². The van der Waals surface area contributed by atoms with Crippen LogP contribution in [0.3, 0.4) is 0 Å². The van der Waals surface area contributed by atoms with Gasteiger partial charge >= 0.3 is 0 Å². The molecular weight excluding hydrogens is 271 g/mol. The van der Waals surface area contributed by atoms with E-state index < -0.39 is 0 Å². The summed E-state index contributed by atoms with van der Waals surface area (Å²) in [4.78, 5) is 12.1. The first-order chi connectivity index (χ1) is 8.54. The Morgan fingerprint density at radius 3 is 2.72 bits per heavy atom. The normalized spacial score (nSPS) is 30.4. The van der Waals surface area contributed by atoms with Crippen molar-refractivity contribution in [1.82, 2.24) is 5.32 Å². The number of nitrogens with one attached hydrogen (secondary N) is 2. The number of benzene rings is 1. The van der Waals surface area contributed by atoms with Crippen LogP contribution >= 0.6 is 23.2 Å². The van der Waals surface area contributed by atoms with Gasteiger partial charge in [-0.15, -0.1) is 0 Å². The summed E-state index contributed by atoms with van der Waals surface area (Å²) in [6.07, 6.45) is 0.951. The highest BCUT2D eigenvalue weighted by Gasteiger charge is 2.48. The fraction of sp³-hybridized carbons (Fsp3) is 0.462. The molecule has 1 fully saturated rings. The first-order valence-corrected chi connectivity index (χ1v) is 6.81. The Kier molecular flexibility index (Phi) is 2.81. The van der Waals surface area contributed by atoms with Crippen LogP contribution in [-0.2, 0) is 10.2 Å². The molecule has 1 unspecified atom stereocenters. The van der Waals surface area contributed by atoms with E-state index in [9.17, 15) is 4.79 Å².